The normalized spacial score (nSPS) is 19.7. The molecule has 4 rings (SSSR count). The van der Waals surface area contributed by atoms with Crippen molar-refractivity contribution in [3.8, 4) is 0 Å². The number of imide groups is 1. The lowest BCUT2D eigenvalue weighted by Gasteiger charge is -2.40. The van der Waals surface area contributed by atoms with Crippen LogP contribution in [0.25, 0.3) is 10.8 Å². The Morgan fingerprint density at radius 1 is 0.812 bits per heavy atom. The van der Waals surface area contributed by atoms with E-state index in [4.69, 9.17) is 9.47 Å². The van der Waals surface area contributed by atoms with E-state index in [1.54, 1.807) is 31.4 Å². The summed E-state index contributed by atoms with van der Waals surface area (Å²) in [6, 6.07) is 5.85. The molecule has 3 amide bonds. The minimum atomic E-state index is -1.19. The first-order chi connectivity index (χ1) is 15.4. The van der Waals surface area contributed by atoms with Crippen LogP contribution in [0.1, 0.15) is 69.6 Å². The number of nitrogens with zero attached hydrogens (tertiary/aromatic N) is 2. The minimum Gasteiger partial charge on any atom is -0.383 e. The quantitative estimate of drug-likeness (QED) is 0.634. The number of methoxy groups -OCH3 is 2. The van der Waals surface area contributed by atoms with Crippen LogP contribution in [0, 0.1) is 0 Å². The van der Waals surface area contributed by atoms with Crippen molar-refractivity contribution in [2.75, 3.05) is 27.4 Å². The second-order valence-corrected chi connectivity index (χ2v) is 8.21. The molecule has 170 valence electrons. The van der Waals surface area contributed by atoms with Crippen LogP contribution in [0.2, 0.25) is 0 Å². The van der Waals surface area contributed by atoms with Gasteiger partial charge in [0.1, 0.15) is 0 Å². The first kappa shape index (κ1) is 22.4. The van der Waals surface area contributed by atoms with Crippen LogP contribution in [0.4, 0.5) is 0 Å². The molecule has 0 fully saturated rings. The smallest absolute Gasteiger partial charge is 0.261 e. The van der Waals surface area contributed by atoms with Gasteiger partial charge in [-0.3, -0.25) is 19.3 Å². The van der Waals surface area contributed by atoms with Crippen molar-refractivity contribution in [1.82, 2.24) is 9.80 Å². The lowest BCUT2D eigenvalue weighted by molar-refractivity contribution is -0.0324. The number of carbonyl (C=O) groups is 3. The summed E-state index contributed by atoms with van der Waals surface area (Å²) in [4.78, 5) is 42.8. The average molecular weight is 440 g/mol. The molecule has 2 aromatic carbocycles. The van der Waals surface area contributed by atoms with Gasteiger partial charge in [0, 0.05) is 47.2 Å². The molecular weight excluding hydrogens is 412 g/mol. The van der Waals surface area contributed by atoms with Gasteiger partial charge in [-0.1, -0.05) is 19.9 Å². The molecule has 2 aliphatic rings. The highest BCUT2D eigenvalue weighted by Gasteiger charge is 2.42. The maximum absolute atomic E-state index is 13.4. The van der Waals surface area contributed by atoms with E-state index in [2.05, 4.69) is 0 Å². The van der Waals surface area contributed by atoms with Crippen LogP contribution in [0.3, 0.4) is 0 Å². The van der Waals surface area contributed by atoms with Gasteiger partial charge in [0.15, 0.2) is 6.23 Å². The Morgan fingerprint density at radius 3 is 1.84 bits per heavy atom. The third kappa shape index (κ3) is 3.13. The standard InChI is InChI=1S/C24H28N2O6/c1-5-13(11-31-3)25-21(27)15-7-9-17-20-18(10-8-16(19(15)20)22(25)28)24(30)26(23(17)29)14(6-2)12-32-4/h7-10,13-14,21,27H,5-6,11-12H2,1-4H3. The number of carbonyl (C=O) groups excluding carboxylic acids is 3. The summed E-state index contributed by atoms with van der Waals surface area (Å²) in [6.45, 7) is 4.35. The van der Waals surface area contributed by atoms with Gasteiger partial charge >= 0.3 is 0 Å². The Hall–Kier alpha value is -2.81. The number of aliphatic hydroxyl groups is 1. The molecule has 0 radical (unpaired) electrons. The highest BCUT2D eigenvalue weighted by atomic mass is 16.5. The van der Waals surface area contributed by atoms with Crippen LogP contribution < -0.4 is 0 Å². The highest BCUT2D eigenvalue weighted by molar-refractivity contribution is 6.28. The molecule has 0 saturated heterocycles. The van der Waals surface area contributed by atoms with E-state index in [1.165, 1.54) is 16.9 Å². The van der Waals surface area contributed by atoms with E-state index in [0.29, 0.717) is 45.9 Å². The molecule has 0 aromatic heterocycles. The molecule has 3 atom stereocenters. The van der Waals surface area contributed by atoms with Crippen molar-refractivity contribution in [3.05, 3.63) is 46.5 Å². The molecule has 2 heterocycles. The SMILES string of the molecule is CCC(COC)N1C(=O)c2ccc3c4c(ccc(c24)C1=O)C(O)N(C(CC)COC)C3=O. The number of hydrogen-bond acceptors (Lipinski definition) is 6. The van der Waals surface area contributed by atoms with Gasteiger partial charge in [0.2, 0.25) is 0 Å². The Morgan fingerprint density at radius 2 is 1.31 bits per heavy atom. The zero-order valence-corrected chi connectivity index (χ0v) is 18.8. The number of amides is 3. The molecule has 3 unspecified atom stereocenters. The summed E-state index contributed by atoms with van der Waals surface area (Å²) in [5.74, 6) is -1.17. The van der Waals surface area contributed by atoms with Crippen molar-refractivity contribution in [2.45, 2.75) is 45.0 Å². The number of benzene rings is 2. The van der Waals surface area contributed by atoms with Gasteiger partial charge in [-0.15, -0.1) is 0 Å². The van der Waals surface area contributed by atoms with Gasteiger partial charge in [-0.2, -0.15) is 0 Å². The lowest BCUT2D eigenvalue weighted by Crippen LogP contribution is -2.50. The monoisotopic (exact) mass is 440 g/mol. The van der Waals surface area contributed by atoms with Gasteiger partial charge in [0.05, 0.1) is 25.3 Å². The molecule has 8 nitrogen and oxygen atoms in total. The van der Waals surface area contributed by atoms with Crippen LogP contribution in [0.15, 0.2) is 24.3 Å². The zero-order chi connectivity index (χ0) is 23.2. The predicted octanol–water partition coefficient (Wildman–Crippen LogP) is 2.73. The third-order valence-electron chi connectivity index (χ3n) is 6.52. The van der Waals surface area contributed by atoms with E-state index in [-0.39, 0.29) is 25.2 Å². The molecular formula is C24H28N2O6. The van der Waals surface area contributed by atoms with Crippen LogP contribution in [-0.4, -0.2) is 72.1 Å². The third-order valence-corrected chi connectivity index (χ3v) is 6.52. The molecule has 0 bridgehead atoms. The fraction of sp³-hybridized carbons (Fsp3) is 0.458. The minimum absolute atomic E-state index is 0.243. The van der Waals surface area contributed by atoms with E-state index >= 15 is 0 Å². The van der Waals surface area contributed by atoms with E-state index < -0.39 is 24.1 Å². The Bertz CT molecular complexity index is 1080. The number of aliphatic hydroxyl groups excluding tert-OH is 1. The van der Waals surface area contributed by atoms with Gasteiger partial charge < -0.3 is 19.5 Å². The highest BCUT2D eigenvalue weighted by Crippen LogP contribution is 2.42. The topological polar surface area (TPSA) is 96.4 Å². The largest absolute Gasteiger partial charge is 0.383 e. The van der Waals surface area contributed by atoms with E-state index in [9.17, 15) is 19.5 Å². The maximum atomic E-state index is 13.4. The van der Waals surface area contributed by atoms with Crippen molar-refractivity contribution in [3.63, 3.8) is 0 Å². The Kier molecular flexibility index (Phi) is 6.03. The molecule has 0 aliphatic carbocycles. The van der Waals surface area contributed by atoms with Crippen molar-refractivity contribution >= 4 is 28.5 Å². The summed E-state index contributed by atoms with van der Waals surface area (Å²) in [5.41, 5.74) is 1.59. The summed E-state index contributed by atoms with van der Waals surface area (Å²) in [6.07, 6.45) is -0.0291. The molecule has 2 aromatic rings. The first-order valence-corrected chi connectivity index (χ1v) is 10.9. The van der Waals surface area contributed by atoms with Crippen molar-refractivity contribution in [1.29, 1.82) is 0 Å². The Balaban J connectivity index is 1.90. The fourth-order valence-electron chi connectivity index (χ4n) is 4.88. The summed E-state index contributed by atoms with van der Waals surface area (Å²) in [5, 5.41) is 12.0. The molecule has 2 aliphatic heterocycles. The molecule has 0 spiro atoms. The molecule has 1 N–H and O–H groups in total. The van der Waals surface area contributed by atoms with E-state index in [0.717, 1.165) is 0 Å². The number of hydrogen-bond donors (Lipinski definition) is 1. The van der Waals surface area contributed by atoms with Crippen molar-refractivity contribution < 1.29 is 29.0 Å². The summed E-state index contributed by atoms with van der Waals surface area (Å²) in [7, 11) is 3.09. The summed E-state index contributed by atoms with van der Waals surface area (Å²) < 4.78 is 10.5. The second-order valence-electron chi connectivity index (χ2n) is 8.21. The van der Waals surface area contributed by atoms with Gasteiger partial charge in [-0.05, 0) is 31.0 Å². The maximum Gasteiger partial charge on any atom is 0.261 e. The summed E-state index contributed by atoms with van der Waals surface area (Å²) >= 11 is 0. The van der Waals surface area contributed by atoms with Gasteiger partial charge in [0.25, 0.3) is 17.7 Å². The van der Waals surface area contributed by atoms with Gasteiger partial charge in [-0.25, -0.2) is 0 Å². The predicted molar refractivity (Wildman–Crippen MR) is 117 cm³/mol. The first-order valence-electron chi connectivity index (χ1n) is 10.9. The molecule has 8 heteroatoms. The number of rotatable bonds is 8. The molecule has 0 saturated carbocycles. The van der Waals surface area contributed by atoms with E-state index in [1.807, 2.05) is 13.8 Å². The fourth-order valence-corrected chi connectivity index (χ4v) is 4.88. The van der Waals surface area contributed by atoms with Crippen molar-refractivity contribution in [2.24, 2.45) is 0 Å². The molecule has 32 heavy (non-hydrogen) atoms. The average Bonchev–Trinajstić information content (AvgIpc) is 2.79. The van der Waals surface area contributed by atoms with Crippen LogP contribution in [-0.2, 0) is 9.47 Å². The Labute approximate surface area is 186 Å². The van der Waals surface area contributed by atoms with Crippen LogP contribution >= 0.6 is 0 Å². The number of ether oxygens (including phenoxy) is 2. The van der Waals surface area contributed by atoms with Crippen LogP contribution in [0.5, 0.6) is 0 Å². The lowest BCUT2D eigenvalue weighted by atomic mass is 9.84. The second kappa shape index (κ2) is 8.61. The zero-order valence-electron chi connectivity index (χ0n) is 18.8.